The highest BCUT2D eigenvalue weighted by atomic mass is 32.2. The minimum Gasteiger partial charge on any atom is -0.480 e. The molecule has 1 aromatic heterocycles. The third-order valence-corrected chi connectivity index (χ3v) is 8.03. The van der Waals surface area contributed by atoms with Crippen molar-refractivity contribution in [2.24, 2.45) is 0 Å². The first-order valence-electron chi connectivity index (χ1n) is 11.0. The van der Waals surface area contributed by atoms with E-state index < -0.39 is 28.0 Å². The Hall–Kier alpha value is -3.95. The van der Waals surface area contributed by atoms with Gasteiger partial charge in [-0.1, -0.05) is 42.5 Å². The second-order valence-electron chi connectivity index (χ2n) is 8.36. The second kappa shape index (κ2) is 9.01. The Bertz CT molecular complexity index is 1530. The lowest BCUT2D eigenvalue weighted by Gasteiger charge is -2.33. The van der Waals surface area contributed by atoms with Crippen molar-refractivity contribution >= 4 is 32.9 Å². The molecular formula is C26H22N2O6S. The number of aromatic nitrogens is 1. The molecule has 178 valence electrons. The highest BCUT2D eigenvalue weighted by Gasteiger charge is 2.39. The minimum absolute atomic E-state index is 0.0309. The van der Waals surface area contributed by atoms with Crippen molar-refractivity contribution < 1.29 is 27.9 Å². The molecule has 0 spiro atoms. The Morgan fingerprint density at radius 2 is 1.66 bits per heavy atom. The van der Waals surface area contributed by atoms with Crippen molar-refractivity contribution in [3.63, 3.8) is 0 Å². The van der Waals surface area contributed by atoms with Crippen molar-refractivity contribution in [2.75, 3.05) is 0 Å². The third-order valence-electron chi connectivity index (χ3n) is 6.16. The molecule has 1 aliphatic rings. The van der Waals surface area contributed by atoms with Crippen LogP contribution in [0.2, 0.25) is 0 Å². The number of carbonyl (C=O) groups excluding carboxylic acids is 1. The van der Waals surface area contributed by atoms with Gasteiger partial charge >= 0.3 is 11.9 Å². The number of benzene rings is 3. The third kappa shape index (κ3) is 4.43. The van der Waals surface area contributed by atoms with Crippen LogP contribution in [0.4, 0.5) is 0 Å². The predicted octanol–water partition coefficient (Wildman–Crippen LogP) is 3.52. The Morgan fingerprint density at radius 1 is 0.971 bits per heavy atom. The largest absolute Gasteiger partial charge is 0.480 e. The topological polar surface area (TPSA) is 117 Å². The molecule has 0 radical (unpaired) electrons. The molecule has 35 heavy (non-hydrogen) atoms. The molecule has 0 fully saturated rings. The van der Waals surface area contributed by atoms with E-state index in [1.165, 1.54) is 24.3 Å². The van der Waals surface area contributed by atoms with Gasteiger partial charge in [-0.3, -0.25) is 9.59 Å². The predicted molar refractivity (Wildman–Crippen MR) is 128 cm³/mol. The highest BCUT2D eigenvalue weighted by Crippen LogP contribution is 2.30. The van der Waals surface area contributed by atoms with E-state index in [-0.39, 0.29) is 30.0 Å². The lowest BCUT2D eigenvalue weighted by molar-refractivity contribution is -0.142. The summed E-state index contributed by atoms with van der Waals surface area (Å²) in [5.41, 5.74) is 3.32. The molecule has 0 bridgehead atoms. The van der Waals surface area contributed by atoms with Crippen LogP contribution >= 0.6 is 0 Å². The van der Waals surface area contributed by atoms with Gasteiger partial charge in [-0.2, -0.15) is 4.31 Å². The number of hydrogen-bond acceptors (Lipinski definition) is 5. The Labute approximate surface area is 201 Å². The summed E-state index contributed by atoms with van der Waals surface area (Å²) in [6.45, 7) is -0.0309. The molecule has 4 aromatic rings. The molecule has 0 aliphatic carbocycles. The molecule has 3 aromatic carbocycles. The Morgan fingerprint density at radius 3 is 2.40 bits per heavy atom. The summed E-state index contributed by atoms with van der Waals surface area (Å²) in [4.78, 5) is 27.4. The fourth-order valence-corrected chi connectivity index (χ4v) is 5.94. The van der Waals surface area contributed by atoms with Crippen LogP contribution in [0.1, 0.15) is 16.7 Å². The number of sulfonamides is 1. The van der Waals surface area contributed by atoms with Gasteiger partial charge in [-0.15, -0.1) is 0 Å². The van der Waals surface area contributed by atoms with E-state index in [0.29, 0.717) is 0 Å². The van der Waals surface area contributed by atoms with Gasteiger partial charge in [0.2, 0.25) is 10.0 Å². The van der Waals surface area contributed by atoms with Crippen LogP contribution in [-0.4, -0.2) is 40.8 Å². The summed E-state index contributed by atoms with van der Waals surface area (Å²) in [6.07, 6.45) is 1.91. The van der Waals surface area contributed by atoms with Gasteiger partial charge in [0.05, 0.1) is 11.3 Å². The minimum atomic E-state index is -4.10. The molecule has 5 rings (SSSR count). The molecule has 1 unspecified atom stereocenters. The van der Waals surface area contributed by atoms with Gasteiger partial charge in [-0.25, -0.2) is 8.42 Å². The van der Waals surface area contributed by atoms with Crippen molar-refractivity contribution in [3.8, 4) is 5.75 Å². The molecule has 0 saturated carbocycles. The zero-order valence-electron chi connectivity index (χ0n) is 18.5. The number of ether oxygens (including phenoxy) is 1. The molecule has 1 atom stereocenters. The molecule has 1 aliphatic heterocycles. The van der Waals surface area contributed by atoms with Gasteiger partial charge < -0.3 is 14.8 Å². The number of carbonyl (C=O) groups is 2. The van der Waals surface area contributed by atoms with Gasteiger partial charge in [0.15, 0.2) is 0 Å². The van der Waals surface area contributed by atoms with Gasteiger partial charge in [0, 0.05) is 30.1 Å². The number of fused-ring (bicyclic) bond motifs is 2. The SMILES string of the molecule is O=C(Cc1c[nH]c2ccccc12)Oc1ccc(S(=O)(=O)N2Cc3ccccc3CC2C(=O)O)cc1. The van der Waals surface area contributed by atoms with Crippen LogP contribution in [0.3, 0.4) is 0 Å². The summed E-state index contributed by atoms with van der Waals surface area (Å²) in [7, 11) is -4.10. The van der Waals surface area contributed by atoms with Gasteiger partial charge in [0.25, 0.3) is 0 Å². The van der Waals surface area contributed by atoms with Crippen LogP contribution in [0, 0.1) is 0 Å². The zero-order valence-corrected chi connectivity index (χ0v) is 19.4. The number of nitrogens with zero attached hydrogens (tertiary/aromatic N) is 1. The maximum atomic E-state index is 13.3. The van der Waals surface area contributed by atoms with Crippen molar-refractivity contribution in [2.45, 2.75) is 30.3 Å². The van der Waals surface area contributed by atoms with Crippen LogP contribution in [-0.2, 0) is 39.0 Å². The Kier molecular flexibility index (Phi) is 5.88. The molecular weight excluding hydrogens is 468 g/mol. The van der Waals surface area contributed by atoms with Crippen molar-refractivity contribution in [1.82, 2.24) is 9.29 Å². The lowest BCUT2D eigenvalue weighted by atomic mass is 9.96. The van der Waals surface area contributed by atoms with E-state index in [1.807, 2.05) is 30.3 Å². The summed E-state index contributed by atoms with van der Waals surface area (Å²) < 4.78 is 33.1. The first-order chi connectivity index (χ1) is 16.8. The van der Waals surface area contributed by atoms with E-state index in [2.05, 4.69) is 4.98 Å². The Balaban J connectivity index is 1.33. The maximum absolute atomic E-state index is 13.3. The zero-order chi connectivity index (χ0) is 24.6. The summed E-state index contributed by atoms with van der Waals surface area (Å²) >= 11 is 0. The normalized spacial score (nSPS) is 16.1. The fraction of sp³-hybridized carbons (Fsp3) is 0.154. The lowest BCUT2D eigenvalue weighted by Crippen LogP contribution is -2.48. The molecule has 2 N–H and O–H groups in total. The van der Waals surface area contributed by atoms with E-state index in [0.717, 1.165) is 31.9 Å². The van der Waals surface area contributed by atoms with Crippen LogP contribution < -0.4 is 4.74 Å². The number of esters is 1. The van der Waals surface area contributed by atoms with E-state index in [9.17, 15) is 23.1 Å². The highest BCUT2D eigenvalue weighted by molar-refractivity contribution is 7.89. The first kappa shape index (κ1) is 22.8. The molecule has 9 heteroatoms. The van der Waals surface area contributed by atoms with Crippen LogP contribution in [0.5, 0.6) is 5.75 Å². The smallest absolute Gasteiger partial charge is 0.322 e. The number of aliphatic carboxylic acids is 1. The second-order valence-corrected chi connectivity index (χ2v) is 10.2. The fourth-order valence-electron chi connectivity index (χ4n) is 4.38. The number of para-hydroxylation sites is 1. The number of hydrogen-bond donors (Lipinski definition) is 2. The maximum Gasteiger partial charge on any atom is 0.322 e. The van der Waals surface area contributed by atoms with Gasteiger partial charge in [0.1, 0.15) is 11.8 Å². The summed E-state index contributed by atoms with van der Waals surface area (Å²) in [5, 5.41) is 10.6. The number of H-pyrrole nitrogens is 1. The monoisotopic (exact) mass is 490 g/mol. The number of carboxylic acid groups (broad SMARTS) is 1. The summed E-state index contributed by atoms with van der Waals surface area (Å²) in [5.74, 6) is -1.48. The van der Waals surface area contributed by atoms with E-state index in [1.54, 1.807) is 24.4 Å². The molecule has 2 heterocycles. The van der Waals surface area contributed by atoms with E-state index >= 15 is 0 Å². The van der Waals surface area contributed by atoms with Crippen LogP contribution in [0.15, 0.2) is 83.9 Å². The first-order valence-corrected chi connectivity index (χ1v) is 12.4. The van der Waals surface area contributed by atoms with Crippen molar-refractivity contribution in [1.29, 1.82) is 0 Å². The molecule has 0 saturated heterocycles. The van der Waals surface area contributed by atoms with Gasteiger partial charge in [-0.05, 0) is 47.0 Å². The van der Waals surface area contributed by atoms with E-state index in [4.69, 9.17) is 4.74 Å². The average molecular weight is 491 g/mol. The number of rotatable bonds is 6. The number of nitrogens with one attached hydrogen (secondary N) is 1. The molecule has 8 nitrogen and oxygen atoms in total. The quantitative estimate of drug-likeness (QED) is 0.316. The molecule has 0 amide bonds. The number of carboxylic acids is 1. The average Bonchev–Trinajstić information content (AvgIpc) is 3.26. The summed E-state index contributed by atoms with van der Waals surface area (Å²) in [6, 6.07) is 19.1. The number of aromatic amines is 1. The standard InChI is InChI=1S/C26H22N2O6S/c29-25(14-19-15-27-23-8-4-3-7-22(19)23)34-20-9-11-21(12-10-20)35(32,33)28-16-18-6-2-1-5-17(18)13-24(28)26(30)31/h1-12,15,24,27H,13-14,16H2,(H,30,31). The van der Waals surface area contributed by atoms with Crippen LogP contribution in [0.25, 0.3) is 10.9 Å². The van der Waals surface area contributed by atoms with Crippen molar-refractivity contribution in [3.05, 3.63) is 95.7 Å².